The van der Waals surface area contributed by atoms with Crippen LogP contribution < -0.4 is 5.32 Å². The van der Waals surface area contributed by atoms with Crippen molar-refractivity contribution in [2.75, 3.05) is 12.4 Å². The molecule has 0 aliphatic heterocycles. The summed E-state index contributed by atoms with van der Waals surface area (Å²) in [5.41, 5.74) is 2.71. The molecule has 7 nitrogen and oxygen atoms in total. The quantitative estimate of drug-likeness (QED) is 0.601. The number of benzene rings is 2. The van der Waals surface area contributed by atoms with Gasteiger partial charge in [0.15, 0.2) is 0 Å². The van der Waals surface area contributed by atoms with Crippen LogP contribution in [0.3, 0.4) is 0 Å². The average molecular weight is 453 g/mol. The summed E-state index contributed by atoms with van der Waals surface area (Å²) in [5, 5.41) is 7.15. The zero-order chi connectivity index (χ0) is 22.7. The van der Waals surface area contributed by atoms with Gasteiger partial charge in [-0.3, -0.25) is 4.79 Å². The highest BCUT2D eigenvalue weighted by molar-refractivity contribution is 7.89. The van der Waals surface area contributed by atoms with Crippen molar-refractivity contribution in [2.24, 2.45) is 0 Å². The number of rotatable bonds is 6. The van der Waals surface area contributed by atoms with Crippen LogP contribution in [-0.4, -0.2) is 41.5 Å². The van der Waals surface area contributed by atoms with Gasteiger partial charge in [-0.05, 0) is 62.2 Å². The van der Waals surface area contributed by atoms with E-state index in [9.17, 15) is 13.2 Å². The minimum Gasteiger partial charge on any atom is -0.322 e. The first-order valence-corrected chi connectivity index (χ1v) is 12.3. The van der Waals surface area contributed by atoms with Crippen LogP contribution in [0.15, 0.2) is 65.7 Å². The molecule has 1 aromatic heterocycles. The first kappa shape index (κ1) is 22.2. The van der Waals surface area contributed by atoms with Crippen LogP contribution in [0.5, 0.6) is 0 Å². The topological polar surface area (TPSA) is 84.3 Å². The average Bonchev–Trinajstić information content (AvgIpc) is 3.25. The first-order valence-electron chi connectivity index (χ1n) is 10.9. The third-order valence-electron chi connectivity index (χ3n) is 6.04. The van der Waals surface area contributed by atoms with E-state index in [1.165, 1.54) is 10.4 Å². The van der Waals surface area contributed by atoms with E-state index in [-0.39, 0.29) is 16.8 Å². The first-order chi connectivity index (χ1) is 15.4. The molecule has 1 heterocycles. The van der Waals surface area contributed by atoms with Gasteiger partial charge in [-0.15, -0.1) is 0 Å². The monoisotopic (exact) mass is 452 g/mol. The van der Waals surface area contributed by atoms with Crippen LogP contribution in [0.25, 0.3) is 5.69 Å². The molecule has 2 aromatic carbocycles. The second kappa shape index (κ2) is 9.26. The lowest BCUT2D eigenvalue weighted by Gasteiger charge is -2.30. The maximum atomic E-state index is 13.2. The summed E-state index contributed by atoms with van der Waals surface area (Å²) < 4.78 is 29.6. The minimum absolute atomic E-state index is 0.0136. The summed E-state index contributed by atoms with van der Waals surface area (Å²) in [6.07, 6.45) is 6.72. The number of anilines is 1. The molecule has 1 N–H and O–H groups in total. The van der Waals surface area contributed by atoms with Crippen molar-refractivity contribution in [2.45, 2.75) is 50.0 Å². The summed E-state index contributed by atoms with van der Waals surface area (Å²) in [6, 6.07) is 15.5. The third kappa shape index (κ3) is 4.61. The molecule has 1 saturated carbocycles. The van der Waals surface area contributed by atoms with E-state index in [1.807, 2.05) is 31.2 Å². The molecule has 1 aliphatic rings. The Morgan fingerprint density at radius 1 is 1.06 bits per heavy atom. The Hall–Kier alpha value is -2.97. The van der Waals surface area contributed by atoms with E-state index in [2.05, 4.69) is 10.4 Å². The molecule has 0 spiro atoms. The van der Waals surface area contributed by atoms with Gasteiger partial charge in [-0.1, -0.05) is 31.4 Å². The molecule has 0 atom stereocenters. The molecule has 1 fully saturated rings. The van der Waals surface area contributed by atoms with Crippen LogP contribution in [0, 0.1) is 6.92 Å². The number of nitrogens with zero attached hydrogens (tertiary/aromatic N) is 3. The summed E-state index contributed by atoms with van der Waals surface area (Å²) in [4.78, 5) is 13.0. The number of carbonyl (C=O) groups is 1. The summed E-state index contributed by atoms with van der Waals surface area (Å²) >= 11 is 0. The summed E-state index contributed by atoms with van der Waals surface area (Å²) in [7, 11) is -2.03. The predicted molar refractivity (Wildman–Crippen MR) is 125 cm³/mol. The van der Waals surface area contributed by atoms with Gasteiger partial charge in [0.2, 0.25) is 10.0 Å². The van der Waals surface area contributed by atoms with Crippen molar-refractivity contribution in [3.63, 3.8) is 0 Å². The molecule has 1 amide bonds. The minimum atomic E-state index is -3.67. The SMILES string of the molecule is Cc1ccnn1-c1cccc(NC(=O)c2cccc(S(=O)(=O)N(C)C3CCCCC3)c2)c1. The number of hydrogen-bond donors (Lipinski definition) is 1. The number of aromatic nitrogens is 2. The van der Waals surface area contributed by atoms with Crippen molar-refractivity contribution in [3.8, 4) is 5.69 Å². The Bertz CT molecular complexity index is 1210. The molecule has 168 valence electrons. The fourth-order valence-corrected chi connectivity index (χ4v) is 5.63. The normalized spacial score (nSPS) is 15.1. The van der Waals surface area contributed by atoms with Gasteiger partial charge in [0, 0.05) is 36.2 Å². The highest BCUT2D eigenvalue weighted by Crippen LogP contribution is 2.27. The molecule has 3 aromatic rings. The van der Waals surface area contributed by atoms with Crippen molar-refractivity contribution < 1.29 is 13.2 Å². The van der Waals surface area contributed by atoms with Gasteiger partial charge in [0.05, 0.1) is 10.6 Å². The zero-order valence-corrected chi connectivity index (χ0v) is 19.2. The lowest BCUT2D eigenvalue weighted by atomic mass is 9.96. The van der Waals surface area contributed by atoms with Crippen molar-refractivity contribution in [1.29, 1.82) is 0 Å². The lowest BCUT2D eigenvalue weighted by molar-refractivity contribution is 0.102. The number of aryl methyl sites for hydroxylation is 1. The van der Waals surface area contributed by atoms with Gasteiger partial charge in [-0.2, -0.15) is 9.40 Å². The number of hydrogen-bond acceptors (Lipinski definition) is 4. The van der Waals surface area contributed by atoms with Crippen LogP contribution in [0.2, 0.25) is 0 Å². The molecule has 32 heavy (non-hydrogen) atoms. The maximum absolute atomic E-state index is 13.2. The fraction of sp³-hybridized carbons (Fsp3) is 0.333. The predicted octanol–water partition coefficient (Wildman–Crippen LogP) is 4.39. The molecule has 8 heteroatoms. The van der Waals surface area contributed by atoms with Crippen LogP contribution >= 0.6 is 0 Å². The largest absolute Gasteiger partial charge is 0.322 e. The number of carbonyl (C=O) groups excluding carboxylic acids is 1. The smallest absolute Gasteiger partial charge is 0.255 e. The molecule has 0 saturated heterocycles. The van der Waals surface area contributed by atoms with E-state index in [0.717, 1.165) is 43.5 Å². The zero-order valence-electron chi connectivity index (χ0n) is 18.4. The molecular weight excluding hydrogens is 424 g/mol. The Morgan fingerprint density at radius 2 is 1.81 bits per heavy atom. The van der Waals surface area contributed by atoms with Gasteiger partial charge >= 0.3 is 0 Å². The Kier molecular flexibility index (Phi) is 6.43. The highest BCUT2D eigenvalue weighted by atomic mass is 32.2. The molecule has 0 bridgehead atoms. The second-order valence-electron chi connectivity index (χ2n) is 8.23. The van der Waals surface area contributed by atoms with E-state index in [1.54, 1.807) is 42.2 Å². The maximum Gasteiger partial charge on any atom is 0.255 e. The number of sulfonamides is 1. The lowest BCUT2D eigenvalue weighted by Crippen LogP contribution is -2.38. The highest BCUT2D eigenvalue weighted by Gasteiger charge is 2.29. The van der Waals surface area contributed by atoms with Crippen LogP contribution in [-0.2, 0) is 10.0 Å². The molecule has 4 rings (SSSR count). The number of nitrogens with one attached hydrogen (secondary N) is 1. The van der Waals surface area contributed by atoms with Gasteiger partial charge in [0.25, 0.3) is 5.91 Å². The summed E-state index contributed by atoms with van der Waals surface area (Å²) in [6.45, 7) is 1.95. The molecule has 0 unspecified atom stereocenters. The van der Waals surface area contributed by atoms with E-state index < -0.39 is 10.0 Å². The number of amides is 1. The molecule has 0 radical (unpaired) electrons. The Balaban J connectivity index is 1.53. The van der Waals surface area contributed by atoms with E-state index in [4.69, 9.17) is 0 Å². The van der Waals surface area contributed by atoms with Crippen LogP contribution in [0.4, 0.5) is 5.69 Å². The van der Waals surface area contributed by atoms with Gasteiger partial charge in [0.1, 0.15) is 0 Å². The Labute approximate surface area is 189 Å². The fourth-order valence-electron chi connectivity index (χ4n) is 4.16. The molecular formula is C24H28N4O3S. The van der Waals surface area contributed by atoms with E-state index >= 15 is 0 Å². The second-order valence-corrected chi connectivity index (χ2v) is 10.2. The van der Waals surface area contributed by atoms with Crippen molar-refractivity contribution in [3.05, 3.63) is 72.1 Å². The van der Waals surface area contributed by atoms with Gasteiger partial charge in [-0.25, -0.2) is 13.1 Å². The van der Waals surface area contributed by atoms with Crippen LogP contribution in [0.1, 0.15) is 48.2 Å². The standard InChI is InChI=1S/C24H28N4O3S/c1-18-14-15-25-28(18)22-12-7-9-20(17-22)26-24(29)19-8-6-13-23(16-19)32(30,31)27(2)21-10-4-3-5-11-21/h6-9,12-17,21H,3-5,10-11H2,1-2H3,(H,26,29). The third-order valence-corrected chi connectivity index (χ3v) is 7.95. The summed E-state index contributed by atoms with van der Waals surface area (Å²) in [5.74, 6) is -0.364. The van der Waals surface area contributed by atoms with Crippen molar-refractivity contribution >= 4 is 21.6 Å². The van der Waals surface area contributed by atoms with Gasteiger partial charge < -0.3 is 5.32 Å². The van der Waals surface area contributed by atoms with Crippen molar-refractivity contribution in [1.82, 2.24) is 14.1 Å². The van der Waals surface area contributed by atoms with E-state index in [0.29, 0.717) is 11.3 Å². The molecule has 1 aliphatic carbocycles. The Morgan fingerprint density at radius 3 is 2.53 bits per heavy atom.